The first kappa shape index (κ1) is 36.9. The Bertz CT molecular complexity index is 2000. The second-order valence-corrected chi connectivity index (χ2v) is 13.1. The summed E-state index contributed by atoms with van der Waals surface area (Å²) in [5.74, 6) is -0.781. The molecule has 272 valence electrons. The summed E-state index contributed by atoms with van der Waals surface area (Å²) in [5, 5.41) is 13.1. The summed E-state index contributed by atoms with van der Waals surface area (Å²) in [4.78, 5) is 61.4. The lowest BCUT2D eigenvalue weighted by atomic mass is 10.1. The third-order valence-corrected chi connectivity index (χ3v) is 9.43. The van der Waals surface area contributed by atoms with E-state index in [1.807, 2.05) is 60.7 Å². The molecule has 2 aliphatic heterocycles. The Morgan fingerprint density at radius 2 is 1.04 bits per heavy atom. The molecule has 0 aliphatic carbocycles. The van der Waals surface area contributed by atoms with Crippen molar-refractivity contribution in [3.63, 3.8) is 0 Å². The number of benzene rings is 4. The van der Waals surface area contributed by atoms with Gasteiger partial charge in [0.1, 0.15) is 12.1 Å². The van der Waals surface area contributed by atoms with E-state index in [0.717, 1.165) is 24.0 Å². The van der Waals surface area contributed by atoms with Crippen molar-refractivity contribution in [2.24, 2.45) is 10.2 Å². The van der Waals surface area contributed by atoms with Crippen LogP contribution in [0.4, 0.5) is 22.7 Å². The van der Waals surface area contributed by atoms with Crippen LogP contribution in [0.15, 0.2) is 107 Å². The molecule has 14 heteroatoms. The number of hydrogen-bond donors (Lipinski definition) is 2. The Morgan fingerprint density at radius 3 is 1.43 bits per heavy atom. The first-order valence-electron chi connectivity index (χ1n) is 17.7. The molecule has 0 spiro atoms. The smallest absolute Gasteiger partial charge is 0.247 e. The minimum atomic E-state index is -0.564. The lowest BCUT2D eigenvalue weighted by Crippen LogP contribution is -2.43. The van der Waals surface area contributed by atoms with Crippen molar-refractivity contribution in [2.75, 3.05) is 23.7 Å². The average Bonchev–Trinajstić information content (AvgIpc) is 3.88. The Hall–Kier alpha value is -6.88. The van der Waals surface area contributed by atoms with Crippen molar-refractivity contribution in [2.45, 2.75) is 50.6 Å². The van der Waals surface area contributed by atoms with Crippen LogP contribution < -0.4 is 10.6 Å². The number of nitrogens with zero attached hydrogens (tertiary/aromatic N) is 8. The molecule has 6 rings (SSSR count). The third kappa shape index (κ3) is 9.51. The van der Waals surface area contributed by atoms with Gasteiger partial charge in [-0.2, -0.15) is 0 Å². The van der Waals surface area contributed by atoms with Crippen LogP contribution in [-0.2, 0) is 32.0 Å². The number of nitrogens with one attached hydrogen (secondary N) is 2. The van der Waals surface area contributed by atoms with Gasteiger partial charge in [-0.3, -0.25) is 19.2 Å². The number of azide groups is 2. The average molecular weight is 723 g/mol. The van der Waals surface area contributed by atoms with E-state index in [-0.39, 0.29) is 36.5 Å². The molecule has 2 saturated heterocycles. The molecule has 0 bridgehead atoms. The van der Waals surface area contributed by atoms with Crippen molar-refractivity contribution < 1.29 is 19.2 Å². The zero-order valence-corrected chi connectivity index (χ0v) is 29.4. The highest BCUT2D eigenvalue weighted by atomic mass is 16.2. The second-order valence-electron chi connectivity index (χ2n) is 13.1. The Balaban J connectivity index is 0.984. The van der Waals surface area contributed by atoms with Gasteiger partial charge in [-0.1, -0.05) is 83.0 Å². The SMILES string of the molecule is [N-]=[N+]=Nc1cccc(CC(=O)N2CCC[C@H]2C(=O)Nc2ccc(/C=C/c3ccc(NC(=O)[C@@H]4CCCN4C(=O)Cc4cccc(N=[N+]=[N-])c4)cc3)cc2)c1. The van der Waals surface area contributed by atoms with E-state index in [9.17, 15) is 19.2 Å². The summed E-state index contributed by atoms with van der Waals surface area (Å²) in [5.41, 5.74) is 22.8. The van der Waals surface area contributed by atoms with Crippen LogP contribution in [0.2, 0.25) is 0 Å². The van der Waals surface area contributed by atoms with Gasteiger partial charge in [0.2, 0.25) is 23.6 Å². The molecule has 4 aromatic carbocycles. The maximum absolute atomic E-state index is 13.2. The minimum absolute atomic E-state index is 0.109. The largest absolute Gasteiger partial charge is 0.330 e. The van der Waals surface area contributed by atoms with Crippen molar-refractivity contribution >= 4 is 58.5 Å². The van der Waals surface area contributed by atoms with Crippen molar-refractivity contribution in [1.82, 2.24) is 9.80 Å². The molecule has 4 amide bonds. The number of hydrogen-bond acceptors (Lipinski definition) is 6. The fourth-order valence-corrected chi connectivity index (χ4v) is 6.79. The Kier molecular flexibility index (Phi) is 12.0. The first-order valence-corrected chi connectivity index (χ1v) is 17.7. The molecule has 0 unspecified atom stereocenters. The highest BCUT2D eigenvalue weighted by Gasteiger charge is 2.35. The maximum atomic E-state index is 13.2. The maximum Gasteiger partial charge on any atom is 0.247 e. The Labute approximate surface area is 311 Å². The minimum Gasteiger partial charge on any atom is -0.330 e. The van der Waals surface area contributed by atoms with Gasteiger partial charge in [0.25, 0.3) is 0 Å². The first-order chi connectivity index (χ1) is 26.3. The van der Waals surface area contributed by atoms with Crippen LogP contribution in [0.3, 0.4) is 0 Å². The quantitative estimate of drug-likeness (QED) is 0.0645. The Morgan fingerprint density at radius 1 is 0.630 bits per heavy atom. The lowest BCUT2D eigenvalue weighted by Gasteiger charge is -2.24. The van der Waals surface area contributed by atoms with E-state index in [4.69, 9.17) is 11.1 Å². The van der Waals surface area contributed by atoms with Crippen molar-refractivity contribution in [3.8, 4) is 0 Å². The number of carbonyl (C=O) groups excluding carboxylic acids is 4. The molecule has 2 N–H and O–H groups in total. The molecule has 4 aromatic rings. The predicted molar refractivity (Wildman–Crippen MR) is 206 cm³/mol. The molecule has 0 saturated carbocycles. The highest BCUT2D eigenvalue weighted by Crippen LogP contribution is 2.24. The molecule has 2 heterocycles. The molecule has 54 heavy (non-hydrogen) atoms. The summed E-state index contributed by atoms with van der Waals surface area (Å²) in [6.07, 6.45) is 6.73. The van der Waals surface area contributed by atoms with Gasteiger partial charge in [-0.25, -0.2) is 0 Å². The fourth-order valence-electron chi connectivity index (χ4n) is 6.79. The zero-order valence-electron chi connectivity index (χ0n) is 29.4. The molecule has 14 nitrogen and oxygen atoms in total. The predicted octanol–water partition coefficient (Wildman–Crippen LogP) is 8.09. The molecular weight excluding hydrogens is 685 g/mol. The number of rotatable bonds is 12. The van der Waals surface area contributed by atoms with E-state index in [1.54, 1.807) is 58.3 Å². The van der Waals surface area contributed by atoms with E-state index >= 15 is 0 Å². The van der Waals surface area contributed by atoms with Crippen molar-refractivity contribution in [3.05, 3.63) is 140 Å². The lowest BCUT2D eigenvalue weighted by molar-refractivity contribution is -0.136. The van der Waals surface area contributed by atoms with E-state index in [2.05, 4.69) is 30.7 Å². The summed E-state index contributed by atoms with van der Waals surface area (Å²) in [7, 11) is 0. The number of anilines is 2. The molecular formula is C40H38N10O4. The van der Waals surface area contributed by atoms with Crippen LogP contribution in [0.25, 0.3) is 33.0 Å². The van der Waals surface area contributed by atoms with Crippen LogP contribution in [-0.4, -0.2) is 58.6 Å². The van der Waals surface area contributed by atoms with Gasteiger partial charge < -0.3 is 20.4 Å². The topological polar surface area (TPSA) is 196 Å². The molecule has 0 radical (unpaired) electrons. The standard InChI is InChI=1S/C40H38N10O4/c41-47-45-33-7-1-5-29(23-33)25-37(51)49-21-3-9-35(49)39(53)43-31-17-13-27(14-18-31)11-12-28-15-19-32(20-16-28)44-40(54)36-10-4-22-50(36)38(52)26-30-6-2-8-34(24-30)46-48-42/h1-2,5-8,11-20,23-24,35-36H,3-4,9-10,21-22,25-26H2,(H,43,53)(H,44,54)/b12-11+/t35-,36-/m0/s1. The molecule has 0 aromatic heterocycles. The highest BCUT2D eigenvalue weighted by molar-refractivity contribution is 5.99. The molecule has 2 atom stereocenters. The number of amides is 4. The summed E-state index contributed by atoms with van der Waals surface area (Å²) in [6.45, 7) is 1.01. The van der Waals surface area contributed by atoms with Gasteiger partial charge >= 0.3 is 0 Å². The van der Waals surface area contributed by atoms with Gasteiger partial charge in [0, 0.05) is 45.7 Å². The number of likely N-dealkylation sites (tertiary alicyclic amines) is 2. The van der Waals surface area contributed by atoms with Crippen molar-refractivity contribution in [1.29, 1.82) is 0 Å². The summed E-state index contributed by atoms with van der Waals surface area (Å²) < 4.78 is 0. The summed E-state index contributed by atoms with van der Waals surface area (Å²) in [6, 6.07) is 27.4. The monoisotopic (exact) mass is 722 g/mol. The fraction of sp³-hybridized carbons (Fsp3) is 0.250. The van der Waals surface area contributed by atoms with Crippen LogP contribution in [0.1, 0.15) is 47.9 Å². The van der Waals surface area contributed by atoms with E-state index in [0.29, 0.717) is 59.8 Å². The van der Waals surface area contributed by atoms with Gasteiger partial charge in [0.05, 0.1) is 12.8 Å². The second kappa shape index (κ2) is 17.6. The third-order valence-electron chi connectivity index (χ3n) is 9.43. The van der Waals surface area contributed by atoms with E-state index in [1.165, 1.54) is 0 Å². The van der Waals surface area contributed by atoms with Gasteiger partial charge in [0.15, 0.2) is 0 Å². The normalized spacial score (nSPS) is 16.4. The van der Waals surface area contributed by atoms with Gasteiger partial charge in [-0.05, 0) is 95.4 Å². The number of carbonyl (C=O) groups is 4. The molecule has 2 aliphatic rings. The summed E-state index contributed by atoms with van der Waals surface area (Å²) >= 11 is 0. The zero-order chi connectivity index (χ0) is 37.9. The molecule has 2 fully saturated rings. The van der Waals surface area contributed by atoms with Gasteiger partial charge in [-0.15, -0.1) is 0 Å². The van der Waals surface area contributed by atoms with Crippen LogP contribution in [0, 0.1) is 0 Å². The van der Waals surface area contributed by atoms with E-state index < -0.39 is 12.1 Å². The van der Waals surface area contributed by atoms with Crippen LogP contribution >= 0.6 is 0 Å². The van der Waals surface area contributed by atoms with Crippen LogP contribution in [0.5, 0.6) is 0 Å².